The Kier molecular flexibility index (Phi) is 3.46. The third kappa shape index (κ3) is 2.54. The van der Waals surface area contributed by atoms with Gasteiger partial charge in [-0.2, -0.15) is 0 Å². The van der Waals surface area contributed by atoms with E-state index in [1.807, 2.05) is 23.5 Å². The fraction of sp³-hybridized carbons (Fsp3) is 0.143. The van der Waals surface area contributed by atoms with Crippen LogP contribution in [0.1, 0.15) is 0 Å². The number of rotatable bonds is 1. The van der Waals surface area contributed by atoms with Gasteiger partial charge in [-0.15, -0.1) is 32.8 Å². The fourth-order valence-electron chi connectivity index (χ4n) is 1.90. The van der Waals surface area contributed by atoms with Crippen LogP contribution >= 0.6 is 32.8 Å². The lowest BCUT2D eigenvalue weighted by atomic mass is 10.1. The van der Waals surface area contributed by atoms with E-state index in [1.54, 1.807) is 0 Å². The highest BCUT2D eigenvalue weighted by molar-refractivity contribution is 8.05. The van der Waals surface area contributed by atoms with Crippen LogP contribution in [0.4, 0.5) is 0 Å². The number of benzene rings is 2. The highest BCUT2D eigenvalue weighted by Crippen LogP contribution is 2.38. The van der Waals surface area contributed by atoms with Crippen LogP contribution in [0.25, 0.3) is 11.1 Å². The van der Waals surface area contributed by atoms with Crippen LogP contribution < -0.4 is 5.30 Å². The minimum absolute atomic E-state index is 1.23. The average Bonchev–Trinajstić information content (AvgIpc) is 2.39. The van der Waals surface area contributed by atoms with E-state index in [0.29, 0.717) is 0 Å². The third-order valence-corrected chi connectivity index (χ3v) is 5.69. The molecule has 0 saturated carbocycles. The van der Waals surface area contributed by atoms with E-state index in [-0.39, 0.29) is 0 Å². The predicted octanol–water partition coefficient (Wildman–Crippen LogP) is 4.05. The van der Waals surface area contributed by atoms with Crippen LogP contribution in [-0.2, 0) is 0 Å². The van der Waals surface area contributed by atoms with Crippen molar-refractivity contribution in [3.63, 3.8) is 0 Å². The van der Waals surface area contributed by atoms with Crippen LogP contribution in [0.15, 0.2) is 52.3 Å². The zero-order valence-corrected chi connectivity index (χ0v) is 12.1. The Hall–Kier alpha value is -0.430. The van der Waals surface area contributed by atoms with Crippen molar-refractivity contribution in [1.82, 2.24) is 0 Å². The standard InChI is InChI=1S/C14H13PS2/c15-12-4-1-10(2-5-12)11-3-6-13-14(9-11)17-8-7-16-13/h1-6,9H,7-8,15H2. The summed E-state index contributed by atoms with van der Waals surface area (Å²) in [5.74, 6) is 2.46. The molecule has 1 unspecified atom stereocenters. The molecular formula is C14H13PS2. The topological polar surface area (TPSA) is 0 Å². The first-order valence-electron chi connectivity index (χ1n) is 5.58. The van der Waals surface area contributed by atoms with Gasteiger partial charge >= 0.3 is 0 Å². The summed E-state index contributed by atoms with van der Waals surface area (Å²) in [5.41, 5.74) is 2.62. The minimum atomic E-state index is 1.23. The Labute approximate surface area is 113 Å². The molecule has 17 heavy (non-hydrogen) atoms. The van der Waals surface area contributed by atoms with Gasteiger partial charge in [0.05, 0.1) is 0 Å². The van der Waals surface area contributed by atoms with Gasteiger partial charge in [0.25, 0.3) is 0 Å². The highest BCUT2D eigenvalue weighted by Gasteiger charge is 2.11. The molecule has 86 valence electrons. The molecule has 2 aromatic rings. The van der Waals surface area contributed by atoms with Crippen LogP contribution in [-0.4, -0.2) is 11.5 Å². The minimum Gasteiger partial charge on any atom is -0.124 e. The van der Waals surface area contributed by atoms with Crippen LogP contribution in [0.2, 0.25) is 0 Å². The summed E-state index contributed by atoms with van der Waals surface area (Å²) in [4.78, 5) is 2.88. The highest BCUT2D eigenvalue weighted by atomic mass is 32.2. The second kappa shape index (κ2) is 5.06. The maximum Gasteiger partial charge on any atom is 0.0214 e. The number of hydrogen-bond donors (Lipinski definition) is 0. The van der Waals surface area contributed by atoms with Gasteiger partial charge in [0.15, 0.2) is 0 Å². The van der Waals surface area contributed by atoms with Gasteiger partial charge in [-0.1, -0.05) is 30.3 Å². The second-order valence-corrected chi connectivity index (χ2v) is 6.92. The molecule has 0 radical (unpaired) electrons. The molecule has 1 heterocycles. The van der Waals surface area contributed by atoms with Crippen LogP contribution in [0, 0.1) is 0 Å². The van der Waals surface area contributed by atoms with E-state index in [4.69, 9.17) is 0 Å². The lowest BCUT2D eigenvalue weighted by Crippen LogP contribution is -1.94. The van der Waals surface area contributed by atoms with E-state index < -0.39 is 0 Å². The maximum absolute atomic E-state index is 2.72. The Bertz CT molecular complexity index is 534. The predicted molar refractivity (Wildman–Crippen MR) is 82.7 cm³/mol. The van der Waals surface area contributed by atoms with Crippen molar-refractivity contribution in [1.29, 1.82) is 0 Å². The normalized spacial score (nSPS) is 14.4. The van der Waals surface area contributed by atoms with E-state index in [0.717, 1.165) is 0 Å². The molecule has 0 spiro atoms. The number of hydrogen-bond acceptors (Lipinski definition) is 2. The van der Waals surface area contributed by atoms with E-state index >= 15 is 0 Å². The summed E-state index contributed by atoms with van der Waals surface area (Å²) < 4.78 is 0. The van der Waals surface area contributed by atoms with Crippen molar-refractivity contribution in [3.05, 3.63) is 42.5 Å². The number of fused-ring (bicyclic) bond motifs is 1. The average molecular weight is 276 g/mol. The van der Waals surface area contributed by atoms with Crippen molar-refractivity contribution in [3.8, 4) is 11.1 Å². The van der Waals surface area contributed by atoms with Crippen molar-refractivity contribution < 1.29 is 0 Å². The Morgan fingerprint density at radius 2 is 1.41 bits per heavy atom. The van der Waals surface area contributed by atoms with Crippen molar-refractivity contribution in [2.75, 3.05) is 11.5 Å². The molecule has 1 atom stereocenters. The molecule has 0 nitrogen and oxygen atoms in total. The van der Waals surface area contributed by atoms with Gasteiger partial charge in [0, 0.05) is 21.3 Å². The first-order chi connectivity index (χ1) is 8.33. The smallest absolute Gasteiger partial charge is 0.0214 e. The molecular weight excluding hydrogens is 263 g/mol. The zero-order valence-electron chi connectivity index (χ0n) is 9.35. The Morgan fingerprint density at radius 3 is 2.18 bits per heavy atom. The van der Waals surface area contributed by atoms with Gasteiger partial charge in [-0.25, -0.2) is 0 Å². The summed E-state index contributed by atoms with van der Waals surface area (Å²) in [6, 6.07) is 15.5. The third-order valence-electron chi connectivity index (χ3n) is 2.79. The molecule has 0 fully saturated rings. The summed E-state index contributed by atoms with van der Waals surface area (Å²) in [7, 11) is 2.72. The van der Waals surface area contributed by atoms with Crippen molar-refractivity contribution in [2.45, 2.75) is 9.79 Å². The van der Waals surface area contributed by atoms with Crippen LogP contribution in [0.3, 0.4) is 0 Å². The molecule has 2 aromatic carbocycles. The SMILES string of the molecule is Pc1ccc(-c2ccc3c(c2)SCCS3)cc1. The molecule has 0 saturated heterocycles. The lowest BCUT2D eigenvalue weighted by molar-refractivity contribution is 1.22. The molecule has 1 aliphatic rings. The molecule has 3 heteroatoms. The summed E-state index contributed by atoms with van der Waals surface area (Å²) in [6.07, 6.45) is 0. The fourth-order valence-corrected chi connectivity index (χ4v) is 4.34. The molecule has 0 aliphatic carbocycles. The molecule has 3 rings (SSSR count). The molecule has 0 amide bonds. The van der Waals surface area contributed by atoms with Gasteiger partial charge < -0.3 is 0 Å². The maximum atomic E-state index is 2.72. The Balaban J connectivity index is 2.01. The molecule has 0 bridgehead atoms. The molecule has 1 aliphatic heterocycles. The van der Waals surface area contributed by atoms with Gasteiger partial charge in [-0.05, 0) is 28.6 Å². The monoisotopic (exact) mass is 276 g/mol. The second-order valence-electron chi connectivity index (χ2n) is 3.98. The zero-order chi connectivity index (χ0) is 11.7. The van der Waals surface area contributed by atoms with E-state index in [9.17, 15) is 0 Å². The van der Waals surface area contributed by atoms with Crippen LogP contribution in [0.5, 0.6) is 0 Å². The quantitative estimate of drug-likeness (QED) is 0.721. The summed E-state index contributed by atoms with van der Waals surface area (Å²) in [6.45, 7) is 0. The largest absolute Gasteiger partial charge is 0.124 e. The van der Waals surface area contributed by atoms with Gasteiger partial charge in [0.1, 0.15) is 0 Å². The Morgan fingerprint density at radius 1 is 0.765 bits per heavy atom. The van der Waals surface area contributed by atoms with Gasteiger partial charge in [-0.3, -0.25) is 0 Å². The van der Waals surface area contributed by atoms with Crippen molar-refractivity contribution in [2.24, 2.45) is 0 Å². The lowest BCUT2D eigenvalue weighted by Gasteiger charge is -2.15. The van der Waals surface area contributed by atoms with Crippen molar-refractivity contribution >= 4 is 38.1 Å². The first kappa shape index (κ1) is 11.6. The molecule has 0 aromatic heterocycles. The summed E-state index contributed by atoms with van der Waals surface area (Å²) >= 11 is 3.95. The van der Waals surface area contributed by atoms with E-state index in [2.05, 4.69) is 51.7 Å². The number of thioether (sulfide) groups is 2. The van der Waals surface area contributed by atoms with E-state index in [1.165, 1.54) is 37.7 Å². The summed E-state index contributed by atoms with van der Waals surface area (Å²) in [5, 5.41) is 1.23. The first-order valence-corrected chi connectivity index (χ1v) is 8.13. The molecule has 0 N–H and O–H groups in total. The van der Waals surface area contributed by atoms with Gasteiger partial charge in [0.2, 0.25) is 0 Å².